The molecule has 2 aromatic carbocycles. The fourth-order valence-corrected chi connectivity index (χ4v) is 3.46. The molecule has 7 heteroatoms. The molecule has 130 valence electrons. The first-order chi connectivity index (χ1) is 12.0. The number of alkyl halides is 3. The molecule has 2 aliphatic heterocycles. The SMILES string of the molecule is O=C1N(c2ccc(C(F)(F)F)cc2)C(c2ccccc2)N2CCCN12. The highest BCUT2D eigenvalue weighted by molar-refractivity contribution is 5.94. The number of urea groups is 1. The third-order valence-electron chi connectivity index (χ3n) is 4.59. The van der Waals surface area contributed by atoms with E-state index in [1.165, 1.54) is 12.1 Å². The summed E-state index contributed by atoms with van der Waals surface area (Å²) in [5.74, 6) is 0. The fourth-order valence-electron chi connectivity index (χ4n) is 3.46. The molecule has 0 aliphatic carbocycles. The van der Waals surface area contributed by atoms with Crippen LogP contribution in [0.1, 0.15) is 23.7 Å². The molecule has 25 heavy (non-hydrogen) atoms. The molecule has 2 amide bonds. The monoisotopic (exact) mass is 347 g/mol. The van der Waals surface area contributed by atoms with Gasteiger partial charge in [-0.3, -0.25) is 9.91 Å². The summed E-state index contributed by atoms with van der Waals surface area (Å²) in [6.07, 6.45) is -3.85. The van der Waals surface area contributed by atoms with Crippen LogP contribution in [0.4, 0.5) is 23.7 Å². The molecule has 0 spiro atoms. The number of fused-ring (bicyclic) bond motifs is 1. The van der Waals surface area contributed by atoms with Crippen molar-refractivity contribution in [3.8, 4) is 0 Å². The first kappa shape index (κ1) is 16.0. The first-order valence-electron chi connectivity index (χ1n) is 8.06. The van der Waals surface area contributed by atoms with Crippen LogP contribution in [0.2, 0.25) is 0 Å². The number of amides is 2. The van der Waals surface area contributed by atoms with Crippen molar-refractivity contribution < 1.29 is 18.0 Å². The zero-order valence-electron chi connectivity index (χ0n) is 13.3. The van der Waals surface area contributed by atoms with Crippen molar-refractivity contribution in [3.63, 3.8) is 0 Å². The van der Waals surface area contributed by atoms with Gasteiger partial charge in [0.15, 0.2) is 0 Å². The molecule has 0 radical (unpaired) electrons. The standard InChI is InChI=1S/C18H16F3N3O/c19-18(20,21)14-7-9-15(10-8-14)24-16(13-5-2-1-3-6-13)22-11-4-12-23(22)17(24)25/h1-3,5-10,16H,4,11-12H2. The summed E-state index contributed by atoms with van der Waals surface area (Å²) in [6, 6.07) is 14.1. The molecule has 1 atom stereocenters. The van der Waals surface area contributed by atoms with E-state index in [1.54, 1.807) is 9.91 Å². The molecule has 0 aromatic heterocycles. The summed E-state index contributed by atoms with van der Waals surface area (Å²) in [7, 11) is 0. The molecule has 2 aromatic rings. The summed E-state index contributed by atoms with van der Waals surface area (Å²) < 4.78 is 38.4. The van der Waals surface area contributed by atoms with Crippen LogP contribution in [-0.2, 0) is 6.18 Å². The molecule has 4 rings (SSSR count). The average molecular weight is 347 g/mol. The smallest absolute Gasteiger partial charge is 0.271 e. The number of carbonyl (C=O) groups excluding carboxylic acids is 1. The van der Waals surface area contributed by atoms with E-state index in [0.29, 0.717) is 12.2 Å². The topological polar surface area (TPSA) is 26.8 Å². The van der Waals surface area contributed by atoms with Gasteiger partial charge in [0.1, 0.15) is 6.17 Å². The second-order valence-corrected chi connectivity index (χ2v) is 6.12. The summed E-state index contributed by atoms with van der Waals surface area (Å²) in [5, 5.41) is 3.66. The maximum atomic E-state index is 12.8. The quantitative estimate of drug-likeness (QED) is 0.811. The van der Waals surface area contributed by atoms with Crippen LogP contribution in [0, 0.1) is 0 Å². The van der Waals surface area contributed by atoms with E-state index in [1.807, 2.05) is 35.3 Å². The van der Waals surface area contributed by atoms with E-state index in [9.17, 15) is 18.0 Å². The number of hydrogen-bond acceptors (Lipinski definition) is 2. The molecule has 4 nitrogen and oxygen atoms in total. The van der Waals surface area contributed by atoms with Crippen molar-refractivity contribution >= 4 is 11.7 Å². The Labute approximate surface area is 143 Å². The van der Waals surface area contributed by atoms with E-state index >= 15 is 0 Å². The fraction of sp³-hybridized carbons (Fsp3) is 0.278. The summed E-state index contributed by atoms with van der Waals surface area (Å²) >= 11 is 0. The Kier molecular flexibility index (Phi) is 3.68. The van der Waals surface area contributed by atoms with Crippen molar-refractivity contribution in [1.29, 1.82) is 0 Å². The van der Waals surface area contributed by atoms with Gasteiger partial charge in [-0.25, -0.2) is 4.79 Å². The number of hydrazine groups is 1. The van der Waals surface area contributed by atoms with Gasteiger partial charge in [0, 0.05) is 18.8 Å². The van der Waals surface area contributed by atoms with Crippen LogP contribution in [0.3, 0.4) is 0 Å². The highest BCUT2D eigenvalue weighted by atomic mass is 19.4. The minimum atomic E-state index is -4.39. The Hall–Kier alpha value is -2.54. The molecule has 2 saturated heterocycles. The van der Waals surface area contributed by atoms with Crippen molar-refractivity contribution in [3.05, 3.63) is 65.7 Å². The Bertz CT molecular complexity index is 776. The van der Waals surface area contributed by atoms with Crippen molar-refractivity contribution in [2.75, 3.05) is 18.0 Å². The van der Waals surface area contributed by atoms with Gasteiger partial charge in [-0.1, -0.05) is 30.3 Å². The highest BCUT2D eigenvalue weighted by Gasteiger charge is 2.47. The second-order valence-electron chi connectivity index (χ2n) is 6.12. The van der Waals surface area contributed by atoms with Crippen LogP contribution in [-0.4, -0.2) is 29.1 Å². The van der Waals surface area contributed by atoms with E-state index < -0.39 is 11.7 Å². The van der Waals surface area contributed by atoms with Gasteiger partial charge in [0.2, 0.25) is 0 Å². The Morgan fingerprint density at radius 3 is 2.24 bits per heavy atom. The lowest BCUT2D eigenvalue weighted by atomic mass is 10.1. The maximum absolute atomic E-state index is 12.8. The summed E-state index contributed by atoms with van der Waals surface area (Å²) in [6.45, 7) is 1.36. The van der Waals surface area contributed by atoms with Gasteiger partial charge >= 0.3 is 12.2 Å². The molecule has 0 saturated carbocycles. The number of nitrogens with zero attached hydrogens (tertiary/aromatic N) is 3. The minimum Gasteiger partial charge on any atom is -0.271 e. The van der Waals surface area contributed by atoms with Gasteiger partial charge in [-0.05, 0) is 36.2 Å². The molecule has 0 N–H and O–H groups in total. The van der Waals surface area contributed by atoms with Crippen molar-refractivity contribution in [1.82, 2.24) is 10.0 Å². The Morgan fingerprint density at radius 2 is 1.60 bits per heavy atom. The van der Waals surface area contributed by atoms with Crippen molar-refractivity contribution in [2.24, 2.45) is 0 Å². The predicted octanol–water partition coefficient (Wildman–Crippen LogP) is 4.27. The largest absolute Gasteiger partial charge is 0.416 e. The lowest BCUT2D eigenvalue weighted by Crippen LogP contribution is -2.32. The summed E-state index contributed by atoms with van der Waals surface area (Å²) in [4.78, 5) is 14.4. The molecule has 2 heterocycles. The van der Waals surface area contributed by atoms with E-state index in [4.69, 9.17) is 0 Å². The van der Waals surface area contributed by atoms with Crippen LogP contribution < -0.4 is 4.90 Å². The number of benzene rings is 2. The third-order valence-corrected chi connectivity index (χ3v) is 4.59. The van der Waals surface area contributed by atoms with Crippen LogP contribution in [0.25, 0.3) is 0 Å². The van der Waals surface area contributed by atoms with E-state index in [0.717, 1.165) is 30.7 Å². The van der Waals surface area contributed by atoms with Gasteiger partial charge in [0.25, 0.3) is 0 Å². The average Bonchev–Trinajstić information content (AvgIpc) is 3.17. The number of hydrogen-bond donors (Lipinski definition) is 0. The van der Waals surface area contributed by atoms with Gasteiger partial charge in [-0.2, -0.15) is 18.2 Å². The number of carbonyl (C=O) groups is 1. The zero-order chi connectivity index (χ0) is 17.6. The third kappa shape index (κ3) is 2.64. The van der Waals surface area contributed by atoms with Crippen molar-refractivity contribution in [2.45, 2.75) is 18.8 Å². The van der Waals surface area contributed by atoms with E-state index in [2.05, 4.69) is 0 Å². The first-order valence-corrected chi connectivity index (χ1v) is 8.06. The van der Waals surface area contributed by atoms with Crippen LogP contribution in [0.5, 0.6) is 0 Å². The predicted molar refractivity (Wildman–Crippen MR) is 86.5 cm³/mol. The number of halogens is 3. The maximum Gasteiger partial charge on any atom is 0.416 e. The lowest BCUT2D eigenvalue weighted by Gasteiger charge is -2.28. The highest BCUT2D eigenvalue weighted by Crippen LogP contribution is 2.41. The van der Waals surface area contributed by atoms with E-state index in [-0.39, 0.29) is 12.2 Å². The Balaban J connectivity index is 1.74. The lowest BCUT2D eigenvalue weighted by molar-refractivity contribution is -0.137. The van der Waals surface area contributed by atoms with Gasteiger partial charge < -0.3 is 0 Å². The molecular formula is C18H16F3N3O. The minimum absolute atomic E-state index is 0.203. The van der Waals surface area contributed by atoms with Gasteiger partial charge in [0.05, 0.1) is 5.56 Å². The number of anilines is 1. The number of rotatable bonds is 2. The summed E-state index contributed by atoms with van der Waals surface area (Å²) in [5.41, 5.74) is 0.668. The molecule has 1 unspecified atom stereocenters. The molecular weight excluding hydrogens is 331 g/mol. The molecule has 0 bridgehead atoms. The molecule has 2 fully saturated rings. The second kappa shape index (κ2) is 5.77. The van der Waals surface area contributed by atoms with Crippen LogP contribution >= 0.6 is 0 Å². The van der Waals surface area contributed by atoms with Crippen LogP contribution in [0.15, 0.2) is 54.6 Å². The zero-order valence-corrected chi connectivity index (χ0v) is 13.3. The Morgan fingerprint density at radius 1 is 0.920 bits per heavy atom. The molecule has 2 aliphatic rings. The van der Waals surface area contributed by atoms with Gasteiger partial charge in [-0.15, -0.1) is 0 Å². The normalized spacial score (nSPS) is 21.1.